The van der Waals surface area contributed by atoms with Gasteiger partial charge in [0.05, 0.1) is 23.7 Å². The normalized spacial score (nSPS) is 10.2. The van der Waals surface area contributed by atoms with Gasteiger partial charge in [-0.25, -0.2) is 9.59 Å². The highest BCUT2D eigenvalue weighted by Gasteiger charge is 2.27. The van der Waals surface area contributed by atoms with Gasteiger partial charge in [0.2, 0.25) is 0 Å². The van der Waals surface area contributed by atoms with Crippen LogP contribution < -0.4 is 9.47 Å². The zero-order valence-corrected chi connectivity index (χ0v) is 15.9. The predicted octanol–water partition coefficient (Wildman–Crippen LogP) is 4.18. The third-order valence-corrected chi connectivity index (χ3v) is 4.11. The van der Waals surface area contributed by atoms with E-state index in [4.69, 9.17) is 9.47 Å². The minimum atomic E-state index is -0.910. The van der Waals surface area contributed by atoms with Crippen LogP contribution in [0.15, 0.2) is 72.8 Å². The van der Waals surface area contributed by atoms with Crippen molar-refractivity contribution in [2.45, 2.75) is 6.61 Å². The molecule has 0 amide bonds. The summed E-state index contributed by atoms with van der Waals surface area (Å²) in [5, 5.41) is 11.5. The van der Waals surface area contributed by atoms with Crippen LogP contribution in [0.25, 0.3) is 0 Å². The van der Waals surface area contributed by atoms with Crippen molar-refractivity contribution in [1.82, 2.24) is 0 Å². The van der Waals surface area contributed by atoms with Crippen LogP contribution in [0.4, 0.5) is 5.69 Å². The van der Waals surface area contributed by atoms with Gasteiger partial charge in [-0.2, -0.15) is 0 Å². The third-order valence-electron chi connectivity index (χ3n) is 4.11. The molecular weight excluding hydrogens is 390 g/mol. The monoisotopic (exact) mass is 407 g/mol. The topological polar surface area (TPSA) is 105 Å². The molecule has 3 rings (SSSR count). The molecule has 3 aromatic carbocycles. The highest BCUT2D eigenvalue weighted by Crippen LogP contribution is 2.36. The average molecular weight is 407 g/mol. The third kappa shape index (κ3) is 4.79. The van der Waals surface area contributed by atoms with E-state index < -0.39 is 22.5 Å². The van der Waals surface area contributed by atoms with Crippen LogP contribution in [-0.4, -0.2) is 24.0 Å². The van der Waals surface area contributed by atoms with Crippen molar-refractivity contribution in [1.29, 1.82) is 0 Å². The zero-order chi connectivity index (χ0) is 21.5. The molecule has 30 heavy (non-hydrogen) atoms. The molecule has 0 aliphatic carbocycles. The summed E-state index contributed by atoms with van der Waals surface area (Å²) in [4.78, 5) is 35.2. The Balaban J connectivity index is 2.00. The van der Waals surface area contributed by atoms with Crippen molar-refractivity contribution in [3.05, 3.63) is 99.6 Å². The number of nitro groups is 1. The fraction of sp³-hybridized carbons (Fsp3) is 0.0909. The van der Waals surface area contributed by atoms with Gasteiger partial charge in [0.1, 0.15) is 12.2 Å². The van der Waals surface area contributed by atoms with Gasteiger partial charge in [0, 0.05) is 6.07 Å². The van der Waals surface area contributed by atoms with E-state index in [1.54, 1.807) is 30.3 Å². The summed E-state index contributed by atoms with van der Waals surface area (Å²) in [6.45, 7) is 0.0924. The SMILES string of the molecule is COC(=O)c1cc(OCc2ccccc2)c(OC(=O)c2ccccc2)cc1[N+](=O)[O-]. The Kier molecular flexibility index (Phi) is 6.39. The van der Waals surface area contributed by atoms with Crippen LogP contribution in [0.3, 0.4) is 0 Å². The number of carbonyl (C=O) groups excluding carboxylic acids is 2. The van der Waals surface area contributed by atoms with E-state index in [1.807, 2.05) is 30.3 Å². The molecule has 0 N–H and O–H groups in total. The Hall–Kier alpha value is -4.20. The Labute approximate surface area is 171 Å². The van der Waals surface area contributed by atoms with Crippen molar-refractivity contribution in [2.75, 3.05) is 7.11 Å². The van der Waals surface area contributed by atoms with Gasteiger partial charge in [-0.3, -0.25) is 10.1 Å². The second-order valence-corrected chi connectivity index (χ2v) is 6.09. The van der Waals surface area contributed by atoms with E-state index >= 15 is 0 Å². The molecule has 8 heteroatoms. The lowest BCUT2D eigenvalue weighted by Gasteiger charge is -2.13. The van der Waals surface area contributed by atoms with Crippen molar-refractivity contribution in [3.63, 3.8) is 0 Å². The lowest BCUT2D eigenvalue weighted by atomic mass is 10.1. The molecule has 0 aliphatic rings. The molecule has 0 heterocycles. The minimum absolute atomic E-state index is 0.00543. The van der Waals surface area contributed by atoms with Gasteiger partial charge in [0.25, 0.3) is 5.69 Å². The first-order valence-corrected chi connectivity index (χ1v) is 8.84. The number of ether oxygens (including phenoxy) is 3. The number of benzene rings is 3. The number of methoxy groups -OCH3 is 1. The van der Waals surface area contributed by atoms with Gasteiger partial charge in [0.15, 0.2) is 11.5 Å². The van der Waals surface area contributed by atoms with E-state index in [2.05, 4.69) is 4.74 Å². The summed E-state index contributed by atoms with van der Waals surface area (Å²) in [6, 6.07) is 19.4. The first kappa shape index (κ1) is 20.5. The van der Waals surface area contributed by atoms with Crippen molar-refractivity contribution < 1.29 is 28.7 Å². The van der Waals surface area contributed by atoms with Crippen LogP contribution in [0.5, 0.6) is 11.5 Å². The molecule has 0 saturated carbocycles. The molecular formula is C22H17NO7. The standard InChI is InChI=1S/C22H17NO7/c1-28-22(25)17-12-19(29-14-15-8-4-2-5-9-15)20(13-18(17)23(26)27)30-21(24)16-10-6-3-7-11-16/h2-13H,14H2,1H3. The van der Waals surface area contributed by atoms with Gasteiger partial charge >= 0.3 is 11.9 Å². The summed E-state index contributed by atoms with van der Waals surface area (Å²) in [5.41, 5.74) is 0.192. The van der Waals surface area contributed by atoms with Crippen LogP contribution in [0, 0.1) is 10.1 Å². The molecule has 0 spiro atoms. The molecule has 0 fully saturated rings. The highest BCUT2D eigenvalue weighted by molar-refractivity contribution is 5.96. The fourth-order valence-electron chi connectivity index (χ4n) is 2.63. The maximum atomic E-state index is 12.5. The highest BCUT2D eigenvalue weighted by atomic mass is 16.6. The molecule has 0 aromatic heterocycles. The summed E-state index contributed by atoms with van der Waals surface area (Å²) < 4.78 is 15.7. The maximum absolute atomic E-state index is 12.5. The van der Waals surface area contributed by atoms with Crippen molar-refractivity contribution in [2.24, 2.45) is 0 Å². The molecule has 0 saturated heterocycles. The second kappa shape index (κ2) is 9.33. The van der Waals surface area contributed by atoms with E-state index in [1.165, 1.54) is 0 Å². The molecule has 3 aromatic rings. The Morgan fingerprint density at radius 2 is 1.53 bits per heavy atom. The number of nitro benzene ring substituents is 1. The predicted molar refractivity (Wildman–Crippen MR) is 107 cm³/mol. The quantitative estimate of drug-likeness (QED) is 0.250. The summed E-state index contributed by atoms with van der Waals surface area (Å²) in [5.74, 6) is -1.82. The first-order valence-electron chi connectivity index (χ1n) is 8.84. The summed E-state index contributed by atoms with van der Waals surface area (Å²) in [6.07, 6.45) is 0. The van der Waals surface area contributed by atoms with Crippen molar-refractivity contribution in [3.8, 4) is 11.5 Å². The van der Waals surface area contributed by atoms with E-state index in [0.717, 1.165) is 24.8 Å². The molecule has 152 valence electrons. The van der Waals surface area contributed by atoms with Gasteiger partial charge in [-0.1, -0.05) is 48.5 Å². The lowest BCUT2D eigenvalue weighted by molar-refractivity contribution is -0.385. The zero-order valence-electron chi connectivity index (χ0n) is 15.9. The van der Waals surface area contributed by atoms with Crippen LogP contribution in [-0.2, 0) is 11.3 Å². The number of rotatable bonds is 7. The molecule has 0 aliphatic heterocycles. The Bertz CT molecular complexity index is 1070. The van der Waals surface area contributed by atoms with Crippen LogP contribution in [0.1, 0.15) is 26.3 Å². The van der Waals surface area contributed by atoms with Crippen LogP contribution in [0.2, 0.25) is 0 Å². The molecule has 8 nitrogen and oxygen atoms in total. The van der Waals surface area contributed by atoms with Crippen molar-refractivity contribution >= 4 is 17.6 Å². The number of hydrogen-bond acceptors (Lipinski definition) is 7. The van der Waals surface area contributed by atoms with Gasteiger partial charge in [-0.05, 0) is 17.7 Å². The van der Waals surface area contributed by atoms with Gasteiger partial charge in [-0.15, -0.1) is 0 Å². The Morgan fingerprint density at radius 1 is 0.900 bits per heavy atom. The molecule has 0 bridgehead atoms. The fourth-order valence-corrected chi connectivity index (χ4v) is 2.63. The lowest BCUT2D eigenvalue weighted by Crippen LogP contribution is -2.12. The van der Waals surface area contributed by atoms with Gasteiger partial charge < -0.3 is 14.2 Å². The largest absolute Gasteiger partial charge is 0.485 e. The summed E-state index contributed by atoms with van der Waals surface area (Å²) >= 11 is 0. The molecule has 0 atom stereocenters. The number of hydrogen-bond donors (Lipinski definition) is 0. The molecule has 0 unspecified atom stereocenters. The van der Waals surface area contributed by atoms with E-state index in [0.29, 0.717) is 0 Å². The molecule has 0 radical (unpaired) electrons. The maximum Gasteiger partial charge on any atom is 0.345 e. The smallest absolute Gasteiger partial charge is 0.345 e. The number of carbonyl (C=O) groups is 2. The Morgan fingerprint density at radius 3 is 2.13 bits per heavy atom. The van der Waals surface area contributed by atoms with E-state index in [-0.39, 0.29) is 29.2 Å². The number of esters is 2. The minimum Gasteiger partial charge on any atom is -0.485 e. The van der Waals surface area contributed by atoms with E-state index in [9.17, 15) is 19.7 Å². The van der Waals surface area contributed by atoms with Crippen LogP contribution >= 0.6 is 0 Å². The number of nitrogens with zero attached hydrogens (tertiary/aromatic N) is 1. The first-order chi connectivity index (χ1) is 14.5. The summed E-state index contributed by atoms with van der Waals surface area (Å²) in [7, 11) is 1.11. The second-order valence-electron chi connectivity index (χ2n) is 6.09. The average Bonchev–Trinajstić information content (AvgIpc) is 2.78.